The topological polar surface area (TPSA) is 33.6 Å². The summed E-state index contributed by atoms with van der Waals surface area (Å²) >= 11 is 17.2. The van der Waals surface area contributed by atoms with Crippen LogP contribution in [0.25, 0.3) is 11.4 Å². The number of rotatable bonds is 2. The van der Waals surface area contributed by atoms with Gasteiger partial charge in [0, 0.05) is 12.1 Å². The SMILES string of the molecule is CCn1c(-c2cccc(Cl)c2Cl)n[nH]c1=S. The van der Waals surface area contributed by atoms with Gasteiger partial charge in [-0.3, -0.25) is 5.10 Å². The van der Waals surface area contributed by atoms with Crippen LogP contribution in [0.15, 0.2) is 18.2 Å². The van der Waals surface area contributed by atoms with Crippen molar-refractivity contribution >= 4 is 35.4 Å². The molecule has 0 fully saturated rings. The van der Waals surface area contributed by atoms with Gasteiger partial charge in [-0.2, -0.15) is 5.10 Å². The molecule has 1 heterocycles. The van der Waals surface area contributed by atoms with Gasteiger partial charge in [-0.15, -0.1) is 0 Å². The molecule has 0 aliphatic heterocycles. The van der Waals surface area contributed by atoms with Crippen LogP contribution in [0.1, 0.15) is 6.92 Å². The first-order chi connectivity index (χ1) is 7.65. The van der Waals surface area contributed by atoms with E-state index >= 15 is 0 Å². The smallest absolute Gasteiger partial charge is 0.195 e. The van der Waals surface area contributed by atoms with Gasteiger partial charge in [0.1, 0.15) is 0 Å². The molecule has 0 bridgehead atoms. The van der Waals surface area contributed by atoms with Crippen LogP contribution < -0.4 is 0 Å². The van der Waals surface area contributed by atoms with Crippen molar-refractivity contribution in [2.24, 2.45) is 0 Å². The van der Waals surface area contributed by atoms with Crippen LogP contribution in [0, 0.1) is 4.77 Å². The van der Waals surface area contributed by atoms with E-state index in [2.05, 4.69) is 10.2 Å². The van der Waals surface area contributed by atoms with Gasteiger partial charge < -0.3 is 4.57 Å². The quantitative estimate of drug-likeness (QED) is 0.842. The summed E-state index contributed by atoms with van der Waals surface area (Å²) in [6.45, 7) is 2.72. The molecule has 6 heteroatoms. The Morgan fingerprint density at radius 3 is 2.88 bits per heavy atom. The summed E-state index contributed by atoms with van der Waals surface area (Å²) in [5.74, 6) is 0.708. The third-order valence-electron chi connectivity index (χ3n) is 2.27. The fourth-order valence-corrected chi connectivity index (χ4v) is 2.14. The van der Waals surface area contributed by atoms with Crippen molar-refractivity contribution in [3.05, 3.63) is 33.0 Å². The average molecular weight is 274 g/mol. The predicted octanol–water partition coefficient (Wildman–Crippen LogP) is 3.93. The maximum atomic E-state index is 6.13. The second-order valence-electron chi connectivity index (χ2n) is 3.20. The van der Waals surface area contributed by atoms with Crippen molar-refractivity contribution < 1.29 is 0 Å². The Kier molecular flexibility index (Phi) is 3.33. The van der Waals surface area contributed by atoms with Gasteiger partial charge in [-0.05, 0) is 31.3 Å². The summed E-state index contributed by atoms with van der Waals surface area (Å²) in [6.07, 6.45) is 0. The molecule has 1 N–H and O–H groups in total. The minimum Gasteiger partial charge on any atom is -0.300 e. The monoisotopic (exact) mass is 273 g/mol. The highest BCUT2D eigenvalue weighted by atomic mass is 35.5. The summed E-state index contributed by atoms with van der Waals surface area (Å²) in [6, 6.07) is 5.44. The molecule has 0 amide bonds. The molecule has 0 aliphatic carbocycles. The zero-order chi connectivity index (χ0) is 11.7. The van der Waals surface area contributed by atoms with E-state index in [1.165, 1.54) is 0 Å². The van der Waals surface area contributed by atoms with E-state index in [4.69, 9.17) is 35.4 Å². The van der Waals surface area contributed by atoms with Gasteiger partial charge in [0.15, 0.2) is 10.6 Å². The van der Waals surface area contributed by atoms with Gasteiger partial charge in [0.05, 0.1) is 10.0 Å². The lowest BCUT2D eigenvalue weighted by Crippen LogP contribution is -1.98. The minimum atomic E-state index is 0.493. The van der Waals surface area contributed by atoms with E-state index in [0.717, 1.165) is 12.1 Å². The van der Waals surface area contributed by atoms with Crippen molar-refractivity contribution in [3.63, 3.8) is 0 Å². The first-order valence-corrected chi connectivity index (χ1v) is 5.91. The number of aromatic nitrogens is 3. The number of hydrogen-bond acceptors (Lipinski definition) is 2. The van der Waals surface area contributed by atoms with Crippen molar-refractivity contribution in [2.75, 3.05) is 0 Å². The van der Waals surface area contributed by atoms with Crippen LogP contribution in [0.4, 0.5) is 0 Å². The summed E-state index contributed by atoms with van der Waals surface area (Å²) < 4.78 is 2.45. The summed E-state index contributed by atoms with van der Waals surface area (Å²) in [5, 5.41) is 7.91. The number of benzene rings is 1. The number of H-pyrrole nitrogens is 1. The minimum absolute atomic E-state index is 0.493. The molecule has 0 saturated heterocycles. The Morgan fingerprint density at radius 2 is 2.19 bits per heavy atom. The fourth-order valence-electron chi connectivity index (χ4n) is 1.49. The van der Waals surface area contributed by atoms with Gasteiger partial charge >= 0.3 is 0 Å². The Hall–Kier alpha value is -0.840. The molecule has 0 radical (unpaired) electrons. The van der Waals surface area contributed by atoms with E-state index in [0.29, 0.717) is 20.6 Å². The number of nitrogens with one attached hydrogen (secondary N) is 1. The van der Waals surface area contributed by atoms with E-state index in [1.54, 1.807) is 6.07 Å². The van der Waals surface area contributed by atoms with Crippen LogP contribution in [0.5, 0.6) is 0 Å². The maximum absolute atomic E-state index is 6.13. The molecule has 16 heavy (non-hydrogen) atoms. The summed E-state index contributed by atoms with van der Waals surface area (Å²) in [7, 11) is 0. The molecular weight excluding hydrogens is 265 g/mol. The molecule has 3 nitrogen and oxygen atoms in total. The Bertz CT molecular complexity index is 574. The lowest BCUT2D eigenvalue weighted by atomic mass is 10.2. The maximum Gasteiger partial charge on any atom is 0.195 e. The Balaban J connectivity index is 2.68. The largest absolute Gasteiger partial charge is 0.300 e. The second kappa shape index (κ2) is 4.57. The van der Waals surface area contributed by atoms with Crippen molar-refractivity contribution in [2.45, 2.75) is 13.5 Å². The lowest BCUT2D eigenvalue weighted by Gasteiger charge is -2.06. The molecule has 2 aromatic rings. The van der Waals surface area contributed by atoms with Crippen LogP contribution >= 0.6 is 35.4 Å². The Labute approximate surface area is 108 Å². The first-order valence-electron chi connectivity index (χ1n) is 4.74. The van der Waals surface area contributed by atoms with Crippen LogP contribution in [0.2, 0.25) is 10.0 Å². The van der Waals surface area contributed by atoms with E-state index in [-0.39, 0.29) is 0 Å². The predicted molar refractivity (Wildman–Crippen MR) is 68.5 cm³/mol. The molecule has 1 aromatic carbocycles. The van der Waals surface area contributed by atoms with Crippen LogP contribution in [-0.2, 0) is 6.54 Å². The zero-order valence-corrected chi connectivity index (χ0v) is 10.8. The third kappa shape index (κ3) is 1.88. The van der Waals surface area contributed by atoms with Gasteiger partial charge in [-0.25, -0.2) is 0 Å². The normalized spacial score (nSPS) is 10.7. The molecule has 0 spiro atoms. The standard InChI is InChI=1S/C10H9Cl2N3S/c1-2-15-9(13-14-10(15)16)6-4-3-5-7(11)8(6)12/h3-5H,2H2,1H3,(H,14,16). The molecule has 1 aromatic heterocycles. The molecule has 84 valence electrons. The highest BCUT2D eigenvalue weighted by Gasteiger charge is 2.12. The van der Waals surface area contributed by atoms with Crippen LogP contribution in [0.3, 0.4) is 0 Å². The van der Waals surface area contributed by atoms with Crippen LogP contribution in [-0.4, -0.2) is 14.8 Å². The third-order valence-corrected chi connectivity index (χ3v) is 3.40. The lowest BCUT2D eigenvalue weighted by molar-refractivity contribution is 0.755. The highest BCUT2D eigenvalue weighted by molar-refractivity contribution is 7.71. The zero-order valence-electron chi connectivity index (χ0n) is 8.50. The number of halogens is 2. The van der Waals surface area contributed by atoms with Gasteiger partial charge in [0.2, 0.25) is 0 Å². The molecule has 2 rings (SSSR count). The van der Waals surface area contributed by atoms with Gasteiger partial charge in [-0.1, -0.05) is 29.3 Å². The van der Waals surface area contributed by atoms with Crippen molar-refractivity contribution in [3.8, 4) is 11.4 Å². The second-order valence-corrected chi connectivity index (χ2v) is 4.37. The van der Waals surface area contributed by atoms with Gasteiger partial charge in [0.25, 0.3) is 0 Å². The average Bonchev–Trinajstić information content (AvgIpc) is 2.63. The summed E-state index contributed by atoms with van der Waals surface area (Å²) in [5.41, 5.74) is 0.781. The Morgan fingerprint density at radius 1 is 1.44 bits per heavy atom. The van der Waals surface area contributed by atoms with E-state index in [1.807, 2.05) is 23.6 Å². The molecule has 0 aliphatic rings. The number of hydrogen-bond donors (Lipinski definition) is 1. The molecule has 0 unspecified atom stereocenters. The number of nitrogens with zero attached hydrogens (tertiary/aromatic N) is 2. The molecule has 0 atom stereocenters. The van der Waals surface area contributed by atoms with Crippen molar-refractivity contribution in [1.29, 1.82) is 0 Å². The molecule has 0 saturated carbocycles. The fraction of sp³-hybridized carbons (Fsp3) is 0.200. The first kappa shape index (κ1) is 11.6. The number of aromatic amines is 1. The molecular formula is C10H9Cl2N3S. The van der Waals surface area contributed by atoms with E-state index in [9.17, 15) is 0 Å². The summed E-state index contributed by atoms with van der Waals surface area (Å²) in [4.78, 5) is 0. The van der Waals surface area contributed by atoms with E-state index < -0.39 is 0 Å². The van der Waals surface area contributed by atoms with Crippen molar-refractivity contribution in [1.82, 2.24) is 14.8 Å². The highest BCUT2D eigenvalue weighted by Crippen LogP contribution is 2.32.